The fraction of sp³-hybridized carbons (Fsp3) is 0.920. The van der Waals surface area contributed by atoms with Crippen LogP contribution in [0.1, 0.15) is 101 Å². The van der Waals surface area contributed by atoms with Gasteiger partial charge in [0.15, 0.2) is 5.96 Å². The number of piperidine rings is 2. The first-order chi connectivity index (χ1) is 14.6. The Morgan fingerprint density at radius 2 is 1.38 bits per heavy atom. The minimum atomic E-state index is 0.0389. The lowest BCUT2D eigenvalue weighted by Crippen LogP contribution is -2.63. The van der Waals surface area contributed by atoms with Gasteiger partial charge in [-0.05, 0) is 87.5 Å². The SMILES string of the molecule is CCCCN(C(=N)/N=C(\NC)NC1CC(C)(C)NC(C)(C)C1)C1CC(C)(C)NC(C)(C)C1. The smallest absolute Gasteiger partial charge is 0.221 e. The summed E-state index contributed by atoms with van der Waals surface area (Å²) in [5.41, 5.74) is 0.199. The van der Waals surface area contributed by atoms with Gasteiger partial charge in [-0.1, -0.05) is 13.3 Å². The third-order valence-electron chi connectivity index (χ3n) is 6.62. The summed E-state index contributed by atoms with van der Waals surface area (Å²) in [5, 5.41) is 23.3. The zero-order valence-electron chi connectivity index (χ0n) is 22.5. The lowest BCUT2D eigenvalue weighted by Gasteiger charge is -2.49. The summed E-state index contributed by atoms with van der Waals surface area (Å²) >= 11 is 0. The van der Waals surface area contributed by atoms with Crippen LogP contribution in [0.2, 0.25) is 0 Å². The molecule has 0 aliphatic carbocycles. The van der Waals surface area contributed by atoms with Crippen LogP contribution in [0.3, 0.4) is 0 Å². The molecule has 2 aliphatic rings. The second-order valence-electron chi connectivity index (χ2n) is 12.7. The molecule has 32 heavy (non-hydrogen) atoms. The molecule has 5 N–H and O–H groups in total. The van der Waals surface area contributed by atoms with Gasteiger partial charge in [-0.3, -0.25) is 5.41 Å². The first kappa shape index (κ1) is 26.9. The molecule has 0 spiro atoms. The summed E-state index contributed by atoms with van der Waals surface area (Å²) in [6.07, 6.45) is 6.23. The van der Waals surface area contributed by atoms with Crippen LogP contribution in [0, 0.1) is 5.41 Å². The Kier molecular flexibility index (Phi) is 8.31. The Morgan fingerprint density at radius 1 is 0.906 bits per heavy atom. The van der Waals surface area contributed by atoms with Crippen LogP contribution in [-0.2, 0) is 0 Å². The number of guanidine groups is 2. The Morgan fingerprint density at radius 3 is 1.81 bits per heavy atom. The standard InChI is InChI=1S/C25H51N7/c1-11-12-13-32(19-16-24(6,7)31-25(8,9)17-19)20(26)29-21(27-10)28-18-14-22(2,3)30-23(4,5)15-18/h18-19,30-31H,11-17H2,1-10H3,(H3,26,27,28,29). The van der Waals surface area contributed by atoms with E-state index in [1.807, 2.05) is 7.05 Å². The number of aliphatic imine (C=N–C) groups is 1. The Balaban J connectivity index is 2.20. The van der Waals surface area contributed by atoms with Gasteiger partial charge >= 0.3 is 0 Å². The zero-order valence-corrected chi connectivity index (χ0v) is 22.5. The number of unbranched alkanes of at least 4 members (excludes halogenated alkanes) is 1. The molecular weight excluding hydrogens is 398 g/mol. The zero-order chi connectivity index (χ0) is 24.4. The first-order valence-electron chi connectivity index (χ1n) is 12.5. The fourth-order valence-corrected chi connectivity index (χ4v) is 6.23. The molecule has 7 heteroatoms. The lowest BCUT2D eigenvalue weighted by molar-refractivity contribution is 0.101. The molecule has 0 aromatic carbocycles. The summed E-state index contributed by atoms with van der Waals surface area (Å²) in [5.74, 6) is 1.06. The summed E-state index contributed by atoms with van der Waals surface area (Å²) in [6, 6.07) is 0.611. The Hall–Kier alpha value is -1.34. The molecule has 0 amide bonds. The van der Waals surface area contributed by atoms with Crippen LogP contribution >= 0.6 is 0 Å². The molecule has 0 saturated carbocycles. The first-order valence-corrected chi connectivity index (χ1v) is 12.5. The van der Waals surface area contributed by atoms with E-state index >= 15 is 0 Å². The summed E-state index contributed by atoms with van der Waals surface area (Å²) in [6.45, 7) is 21.2. The van der Waals surface area contributed by atoms with Crippen LogP contribution in [0.25, 0.3) is 0 Å². The summed E-state index contributed by atoms with van der Waals surface area (Å²) < 4.78 is 0. The summed E-state index contributed by atoms with van der Waals surface area (Å²) in [4.78, 5) is 7.01. The number of nitrogens with zero attached hydrogens (tertiary/aromatic N) is 2. The maximum Gasteiger partial charge on any atom is 0.221 e. The average Bonchev–Trinajstić information content (AvgIpc) is 2.55. The highest BCUT2D eigenvalue weighted by molar-refractivity contribution is 5.93. The molecule has 2 aliphatic heterocycles. The van der Waals surface area contributed by atoms with Crippen molar-refractivity contribution in [3.05, 3.63) is 0 Å². The van der Waals surface area contributed by atoms with E-state index in [2.05, 4.69) is 88.5 Å². The minimum Gasteiger partial charge on any atom is -0.359 e. The normalized spacial score (nSPS) is 25.2. The predicted octanol–water partition coefficient (Wildman–Crippen LogP) is 3.81. The monoisotopic (exact) mass is 449 g/mol. The van der Waals surface area contributed by atoms with E-state index in [9.17, 15) is 0 Å². The second kappa shape index (κ2) is 9.88. The molecule has 0 atom stereocenters. The van der Waals surface area contributed by atoms with Gasteiger partial charge in [-0.25, -0.2) is 0 Å². The quantitative estimate of drug-likeness (QED) is 0.325. The van der Waals surface area contributed by atoms with Crippen molar-refractivity contribution in [1.29, 1.82) is 5.41 Å². The number of hydrogen-bond acceptors (Lipinski definition) is 3. The van der Waals surface area contributed by atoms with Crippen LogP contribution in [0.15, 0.2) is 4.99 Å². The molecule has 0 bridgehead atoms. The average molecular weight is 450 g/mol. The van der Waals surface area contributed by atoms with Crippen LogP contribution in [-0.4, -0.2) is 64.7 Å². The highest BCUT2D eigenvalue weighted by Crippen LogP contribution is 2.32. The molecule has 186 valence electrons. The van der Waals surface area contributed by atoms with Crippen molar-refractivity contribution in [1.82, 2.24) is 26.2 Å². The molecular formula is C25H51N7. The second-order valence-corrected chi connectivity index (χ2v) is 12.7. The minimum absolute atomic E-state index is 0.0389. The van der Waals surface area contributed by atoms with Crippen molar-refractivity contribution in [2.75, 3.05) is 13.6 Å². The van der Waals surface area contributed by atoms with E-state index in [1.165, 1.54) is 0 Å². The summed E-state index contributed by atoms with van der Waals surface area (Å²) in [7, 11) is 1.89. The van der Waals surface area contributed by atoms with E-state index in [4.69, 9.17) is 10.4 Å². The van der Waals surface area contributed by atoms with Crippen LogP contribution in [0.4, 0.5) is 0 Å². The van der Waals surface area contributed by atoms with Crippen molar-refractivity contribution >= 4 is 11.9 Å². The van der Waals surface area contributed by atoms with Gasteiger partial charge in [-0.2, -0.15) is 4.99 Å². The molecule has 2 heterocycles. The topological polar surface area (TPSA) is 87.6 Å². The molecule has 0 radical (unpaired) electrons. The number of hydrogen-bond donors (Lipinski definition) is 5. The van der Waals surface area contributed by atoms with Gasteiger partial charge in [0.25, 0.3) is 0 Å². The van der Waals surface area contributed by atoms with Crippen molar-refractivity contribution in [2.45, 2.75) is 135 Å². The van der Waals surface area contributed by atoms with Gasteiger partial charge in [0.1, 0.15) is 0 Å². The third kappa shape index (κ3) is 7.91. The molecule has 0 unspecified atom stereocenters. The maximum atomic E-state index is 8.95. The highest BCUT2D eigenvalue weighted by Gasteiger charge is 2.41. The molecule has 7 nitrogen and oxygen atoms in total. The Bertz CT molecular complexity index is 646. The molecule has 0 aromatic heterocycles. The van der Waals surface area contributed by atoms with Crippen molar-refractivity contribution < 1.29 is 0 Å². The predicted molar refractivity (Wildman–Crippen MR) is 138 cm³/mol. The number of nitrogens with one attached hydrogen (secondary N) is 5. The molecule has 2 saturated heterocycles. The number of rotatable bonds is 5. The van der Waals surface area contributed by atoms with E-state index in [0.29, 0.717) is 24.0 Å². The van der Waals surface area contributed by atoms with E-state index in [0.717, 1.165) is 45.1 Å². The molecule has 0 aromatic rings. The third-order valence-corrected chi connectivity index (χ3v) is 6.62. The fourth-order valence-electron chi connectivity index (χ4n) is 6.23. The maximum absolute atomic E-state index is 8.95. The van der Waals surface area contributed by atoms with E-state index in [-0.39, 0.29) is 22.2 Å². The van der Waals surface area contributed by atoms with Gasteiger partial charge in [0, 0.05) is 47.8 Å². The lowest BCUT2D eigenvalue weighted by atomic mass is 9.79. The van der Waals surface area contributed by atoms with Crippen molar-refractivity contribution in [2.24, 2.45) is 4.99 Å². The molecule has 2 fully saturated rings. The van der Waals surface area contributed by atoms with Gasteiger partial charge in [0.2, 0.25) is 5.96 Å². The van der Waals surface area contributed by atoms with Crippen molar-refractivity contribution in [3.63, 3.8) is 0 Å². The largest absolute Gasteiger partial charge is 0.359 e. The molecule has 2 rings (SSSR count). The van der Waals surface area contributed by atoms with E-state index in [1.54, 1.807) is 0 Å². The van der Waals surface area contributed by atoms with Crippen LogP contribution in [0.5, 0.6) is 0 Å². The van der Waals surface area contributed by atoms with Gasteiger partial charge in [-0.15, -0.1) is 0 Å². The van der Waals surface area contributed by atoms with E-state index < -0.39 is 0 Å². The van der Waals surface area contributed by atoms with Gasteiger partial charge in [0.05, 0.1) is 0 Å². The van der Waals surface area contributed by atoms with Gasteiger partial charge < -0.3 is 26.2 Å². The van der Waals surface area contributed by atoms with Crippen molar-refractivity contribution in [3.8, 4) is 0 Å². The Labute approximate surface area is 197 Å². The van der Waals surface area contributed by atoms with Crippen LogP contribution < -0.4 is 21.3 Å². The highest BCUT2D eigenvalue weighted by atomic mass is 15.3.